The minimum atomic E-state index is -3.40. The summed E-state index contributed by atoms with van der Waals surface area (Å²) in [4.78, 5) is 4.38. The van der Waals surface area contributed by atoms with Crippen LogP contribution >= 0.6 is 0 Å². The number of hydrogen-bond donors (Lipinski definition) is 3. The van der Waals surface area contributed by atoms with Crippen LogP contribution in [-0.2, 0) is 16.6 Å². The number of hydrogen-bond acceptors (Lipinski definition) is 3. The normalized spacial score (nSPS) is 12.2. The van der Waals surface area contributed by atoms with E-state index in [0.717, 1.165) is 11.1 Å². The summed E-state index contributed by atoms with van der Waals surface area (Å²) in [6, 6.07) is 6.49. The van der Waals surface area contributed by atoms with Crippen LogP contribution in [0.4, 0.5) is 0 Å². The number of nitrogens with two attached hydrogens (primary N) is 1. The molecule has 0 aliphatic heterocycles. The second-order valence-corrected chi connectivity index (χ2v) is 6.25. The molecule has 110 valence electrons. The fourth-order valence-corrected chi connectivity index (χ4v) is 2.10. The van der Waals surface area contributed by atoms with Crippen molar-refractivity contribution in [1.82, 2.24) is 10.0 Å². The standard InChI is InChI=1S/C13H20N4O2S/c1-10(2)8-16-13(14)17-9-11-4-6-12(7-5-11)20(18,19)15-3/h4-7,15H,1,8-9H2,2-3H3,(H3,14,16,17). The number of sulfonamides is 1. The van der Waals surface area contributed by atoms with Gasteiger partial charge in [0.15, 0.2) is 5.96 Å². The molecule has 0 aliphatic carbocycles. The Morgan fingerprint density at radius 2 is 1.95 bits per heavy atom. The Balaban J connectivity index is 2.67. The Morgan fingerprint density at radius 3 is 2.45 bits per heavy atom. The molecule has 0 heterocycles. The summed E-state index contributed by atoms with van der Waals surface area (Å²) in [5.74, 6) is 0.333. The van der Waals surface area contributed by atoms with Gasteiger partial charge in [0.05, 0.1) is 11.4 Å². The second-order valence-electron chi connectivity index (χ2n) is 4.36. The van der Waals surface area contributed by atoms with Crippen molar-refractivity contribution in [3.05, 3.63) is 42.0 Å². The summed E-state index contributed by atoms with van der Waals surface area (Å²) in [7, 11) is -2.02. The lowest BCUT2D eigenvalue weighted by Crippen LogP contribution is -2.32. The monoisotopic (exact) mass is 296 g/mol. The smallest absolute Gasteiger partial charge is 0.240 e. The molecule has 0 atom stereocenters. The fraction of sp³-hybridized carbons (Fsp3) is 0.308. The number of benzene rings is 1. The Kier molecular flexibility index (Phi) is 5.72. The minimum absolute atomic E-state index is 0.223. The van der Waals surface area contributed by atoms with Crippen molar-refractivity contribution in [2.45, 2.75) is 18.4 Å². The predicted molar refractivity (Wildman–Crippen MR) is 80.8 cm³/mol. The number of aliphatic imine (C=N–C) groups is 1. The number of nitrogens with one attached hydrogen (secondary N) is 2. The maximum Gasteiger partial charge on any atom is 0.240 e. The highest BCUT2D eigenvalue weighted by Gasteiger charge is 2.09. The van der Waals surface area contributed by atoms with Gasteiger partial charge in [-0.15, -0.1) is 0 Å². The van der Waals surface area contributed by atoms with E-state index in [-0.39, 0.29) is 4.90 Å². The largest absolute Gasteiger partial charge is 0.370 e. The molecule has 0 fully saturated rings. The van der Waals surface area contributed by atoms with Crippen LogP contribution in [0.2, 0.25) is 0 Å². The van der Waals surface area contributed by atoms with Crippen LogP contribution < -0.4 is 15.8 Å². The maximum atomic E-state index is 11.6. The van der Waals surface area contributed by atoms with Gasteiger partial charge in [0.25, 0.3) is 0 Å². The average Bonchev–Trinajstić information content (AvgIpc) is 2.43. The van der Waals surface area contributed by atoms with E-state index in [1.165, 1.54) is 19.2 Å². The third kappa shape index (κ3) is 5.02. The molecule has 1 aromatic rings. The van der Waals surface area contributed by atoms with Crippen molar-refractivity contribution in [3.63, 3.8) is 0 Å². The quantitative estimate of drug-likeness (QED) is 0.406. The van der Waals surface area contributed by atoms with Crippen LogP contribution in [0.25, 0.3) is 0 Å². The lowest BCUT2D eigenvalue weighted by atomic mass is 10.2. The van der Waals surface area contributed by atoms with E-state index < -0.39 is 10.0 Å². The van der Waals surface area contributed by atoms with Crippen molar-refractivity contribution < 1.29 is 8.42 Å². The molecular weight excluding hydrogens is 276 g/mol. The highest BCUT2D eigenvalue weighted by Crippen LogP contribution is 2.10. The third-order valence-electron chi connectivity index (χ3n) is 2.51. The molecule has 0 unspecified atom stereocenters. The summed E-state index contributed by atoms with van der Waals surface area (Å²) in [5.41, 5.74) is 7.52. The number of rotatable bonds is 6. The average molecular weight is 296 g/mol. The molecule has 6 nitrogen and oxygen atoms in total. The first kappa shape index (κ1) is 16.2. The van der Waals surface area contributed by atoms with Crippen LogP contribution in [0.15, 0.2) is 46.3 Å². The molecule has 7 heteroatoms. The van der Waals surface area contributed by atoms with E-state index >= 15 is 0 Å². The van der Waals surface area contributed by atoms with Gasteiger partial charge in [0, 0.05) is 6.54 Å². The molecule has 1 rings (SSSR count). The SMILES string of the molecule is C=C(C)CNC(N)=NCc1ccc(S(=O)(=O)NC)cc1. The number of nitrogens with zero attached hydrogens (tertiary/aromatic N) is 1. The second kappa shape index (κ2) is 7.06. The molecule has 0 aliphatic rings. The van der Waals surface area contributed by atoms with Crippen LogP contribution in [0.3, 0.4) is 0 Å². The first-order valence-electron chi connectivity index (χ1n) is 6.06. The van der Waals surface area contributed by atoms with E-state index in [2.05, 4.69) is 21.6 Å². The van der Waals surface area contributed by atoms with Gasteiger partial charge in [-0.3, -0.25) is 0 Å². The first-order valence-corrected chi connectivity index (χ1v) is 7.54. The topological polar surface area (TPSA) is 96.6 Å². The van der Waals surface area contributed by atoms with Crippen molar-refractivity contribution in [1.29, 1.82) is 0 Å². The zero-order valence-corrected chi connectivity index (χ0v) is 12.5. The van der Waals surface area contributed by atoms with Gasteiger partial charge < -0.3 is 11.1 Å². The fourth-order valence-electron chi connectivity index (χ4n) is 1.37. The number of guanidine groups is 1. The van der Waals surface area contributed by atoms with Crippen molar-refractivity contribution in [3.8, 4) is 0 Å². The van der Waals surface area contributed by atoms with Crippen LogP contribution in [-0.4, -0.2) is 28.0 Å². The Bertz CT molecular complexity index is 591. The summed E-state index contributed by atoms with van der Waals surface area (Å²) < 4.78 is 25.4. The molecular formula is C13H20N4O2S. The Hall–Kier alpha value is -1.86. The van der Waals surface area contributed by atoms with Gasteiger partial charge in [0.1, 0.15) is 0 Å². The molecule has 4 N–H and O–H groups in total. The van der Waals surface area contributed by atoms with Crippen molar-refractivity contribution in [2.75, 3.05) is 13.6 Å². The molecule has 0 bridgehead atoms. The molecule has 0 radical (unpaired) electrons. The third-order valence-corrected chi connectivity index (χ3v) is 3.94. The van der Waals surface area contributed by atoms with Gasteiger partial charge in [-0.1, -0.05) is 24.3 Å². The first-order chi connectivity index (χ1) is 9.35. The molecule has 0 aromatic heterocycles. The zero-order chi connectivity index (χ0) is 15.2. The molecule has 0 spiro atoms. The lowest BCUT2D eigenvalue weighted by molar-refractivity contribution is 0.588. The highest BCUT2D eigenvalue weighted by molar-refractivity contribution is 7.89. The van der Waals surface area contributed by atoms with E-state index in [1.807, 2.05) is 6.92 Å². The zero-order valence-electron chi connectivity index (χ0n) is 11.7. The highest BCUT2D eigenvalue weighted by atomic mass is 32.2. The minimum Gasteiger partial charge on any atom is -0.370 e. The maximum absolute atomic E-state index is 11.6. The molecule has 0 saturated heterocycles. The van der Waals surface area contributed by atoms with Crippen LogP contribution in [0.5, 0.6) is 0 Å². The Morgan fingerprint density at radius 1 is 1.35 bits per heavy atom. The van der Waals surface area contributed by atoms with Gasteiger partial charge in [-0.2, -0.15) is 0 Å². The van der Waals surface area contributed by atoms with E-state index in [9.17, 15) is 8.42 Å². The van der Waals surface area contributed by atoms with E-state index in [1.54, 1.807) is 12.1 Å². The van der Waals surface area contributed by atoms with Gasteiger partial charge in [-0.25, -0.2) is 18.1 Å². The van der Waals surface area contributed by atoms with Crippen molar-refractivity contribution >= 4 is 16.0 Å². The predicted octanol–water partition coefficient (Wildman–Crippen LogP) is 0.575. The van der Waals surface area contributed by atoms with Gasteiger partial charge >= 0.3 is 0 Å². The summed E-state index contributed by atoms with van der Waals surface area (Å²) in [6.07, 6.45) is 0. The Labute approximate surface area is 119 Å². The van der Waals surface area contributed by atoms with Crippen LogP contribution in [0.1, 0.15) is 12.5 Å². The summed E-state index contributed by atoms with van der Waals surface area (Å²) in [6.45, 7) is 6.60. The van der Waals surface area contributed by atoms with E-state index in [0.29, 0.717) is 19.0 Å². The van der Waals surface area contributed by atoms with Gasteiger partial charge in [-0.05, 0) is 31.7 Å². The van der Waals surface area contributed by atoms with Crippen LogP contribution in [0, 0.1) is 0 Å². The van der Waals surface area contributed by atoms with Gasteiger partial charge in [0.2, 0.25) is 10.0 Å². The molecule has 0 amide bonds. The molecule has 1 aromatic carbocycles. The lowest BCUT2D eigenvalue weighted by Gasteiger charge is -2.06. The summed E-state index contributed by atoms with van der Waals surface area (Å²) >= 11 is 0. The molecule has 0 saturated carbocycles. The molecule has 20 heavy (non-hydrogen) atoms. The summed E-state index contributed by atoms with van der Waals surface area (Å²) in [5, 5.41) is 2.92. The van der Waals surface area contributed by atoms with E-state index in [4.69, 9.17) is 5.73 Å². The van der Waals surface area contributed by atoms with Crippen molar-refractivity contribution in [2.24, 2.45) is 10.7 Å².